The number of carboxylic acids is 2. The Morgan fingerprint density at radius 2 is 1.09 bits per heavy atom. The monoisotopic (exact) mass is 588 g/mol. The lowest BCUT2D eigenvalue weighted by atomic mass is 10.2. The van der Waals surface area contributed by atoms with Gasteiger partial charge in [-0.15, -0.1) is 12.6 Å². The third-order valence-corrected chi connectivity index (χ3v) is 6.15. The van der Waals surface area contributed by atoms with E-state index in [1.807, 2.05) is 60.7 Å². The van der Waals surface area contributed by atoms with Crippen molar-refractivity contribution in [2.24, 2.45) is 0 Å². The molecule has 0 amide bonds. The number of aromatic carboxylic acids is 2. The first-order chi connectivity index (χ1) is 15.9. The Bertz CT molecular complexity index is 1170. The molecule has 4 aromatic rings. The fraction of sp³-hybridized carbons (Fsp3) is 0. The fourth-order valence-electron chi connectivity index (χ4n) is 2.42. The van der Waals surface area contributed by atoms with Crippen LogP contribution >= 0.6 is 47.0 Å². The van der Waals surface area contributed by atoms with E-state index in [1.165, 1.54) is 21.4 Å². The largest absolute Gasteiger partial charge is 0.478 e. The van der Waals surface area contributed by atoms with E-state index < -0.39 is 11.9 Å². The molecule has 0 aliphatic heterocycles. The SMILES string of the molecule is Ic1ccccc1.O=C(O)c1ccccc1S.O=C(O)c1ccccc1Sc1ccccc1. The summed E-state index contributed by atoms with van der Waals surface area (Å²) in [7, 11) is 0. The maximum atomic E-state index is 11.0. The highest BCUT2D eigenvalue weighted by atomic mass is 127. The first-order valence-corrected chi connectivity index (χ1v) is 12.0. The molecule has 0 saturated carbocycles. The number of halogens is 1. The highest BCUT2D eigenvalue weighted by molar-refractivity contribution is 14.1. The minimum atomic E-state index is -0.939. The number of rotatable bonds is 4. The van der Waals surface area contributed by atoms with Gasteiger partial charge in [0.15, 0.2) is 0 Å². The molecule has 2 N–H and O–H groups in total. The molecule has 168 valence electrons. The topological polar surface area (TPSA) is 74.6 Å². The smallest absolute Gasteiger partial charge is 0.336 e. The number of hydrogen-bond acceptors (Lipinski definition) is 4. The van der Waals surface area contributed by atoms with Crippen LogP contribution in [0.2, 0.25) is 0 Å². The third kappa shape index (κ3) is 9.73. The predicted molar refractivity (Wildman–Crippen MR) is 144 cm³/mol. The molecule has 0 fully saturated rings. The lowest BCUT2D eigenvalue weighted by Crippen LogP contribution is -1.97. The molecule has 0 spiro atoms. The molecule has 0 heterocycles. The van der Waals surface area contributed by atoms with E-state index in [4.69, 9.17) is 10.2 Å². The molecule has 0 aromatic heterocycles. The van der Waals surface area contributed by atoms with Gasteiger partial charge in [-0.25, -0.2) is 9.59 Å². The van der Waals surface area contributed by atoms with Gasteiger partial charge in [0.2, 0.25) is 0 Å². The van der Waals surface area contributed by atoms with Crippen LogP contribution in [0.5, 0.6) is 0 Å². The highest BCUT2D eigenvalue weighted by Gasteiger charge is 2.09. The second kappa shape index (κ2) is 14.4. The summed E-state index contributed by atoms with van der Waals surface area (Å²) in [5.74, 6) is -1.83. The molecule has 0 aliphatic rings. The van der Waals surface area contributed by atoms with E-state index in [-0.39, 0.29) is 5.56 Å². The minimum Gasteiger partial charge on any atom is -0.478 e. The second-order valence-corrected chi connectivity index (χ2v) is 9.18. The van der Waals surface area contributed by atoms with E-state index in [9.17, 15) is 9.59 Å². The van der Waals surface area contributed by atoms with Crippen LogP contribution in [0.4, 0.5) is 0 Å². The van der Waals surface area contributed by atoms with Crippen molar-refractivity contribution in [3.05, 3.63) is 124 Å². The van der Waals surface area contributed by atoms with Crippen LogP contribution in [0.25, 0.3) is 0 Å². The van der Waals surface area contributed by atoms with Gasteiger partial charge in [0, 0.05) is 18.3 Å². The zero-order valence-electron chi connectivity index (χ0n) is 17.3. The van der Waals surface area contributed by atoms with Crippen LogP contribution in [0.1, 0.15) is 20.7 Å². The Morgan fingerprint density at radius 3 is 1.55 bits per heavy atom. The quantitative estimate of drug-likeness (QED) is 0.170. The minimum absolute atomic E-state index is 0.242. The molecule has 4 nitrogen and oxygen atoms in total. The van der Waals surface area contributed by atoms with Crippen LogP contribution in [0, 0.1) is 3.57 Å². The average molecular weight is 588 g/mol. The van der Waals surface area contributed by atoms with E-state index >= 15 is 0 Å². The summed E-state index contributed by atoms with van der Waals surface area (Å²) >= 11 is 7.70. The summed E-state index contributed by atoms with van der Waals surface area (Å²) in [5, 5.41) is 17.5. The van der Waals surface area contributed by atoms with E-state index in [0.717, 1.165) is 9.79 Å². The lowest BCUT2D eigenvalue weighted by Gasteiger charge is -2.04. The first-order valence-electron chi connectivity index (χ1n) is 9.65. The van der Waals surface area contributed by atoms with Gasteiger partial charge < -0.3 is 10.2 Å². The van der Waals surface area contributed by atoms with Crippen LogP contribution in [-0.4, -0.2) is 22.2 Å². The highest BCUT2D eigenvalue weighted by Crippen LogP contribution is 2.30. The summed E-state index contributed by atoms with van der Waals surface area (Å²) in [6.45, 7) is 0. The van der Waals surface area contributed by atoms with E-state index in [2.05, 4.69) is 47.4 Å². The number of carboxylic acid groups (broad SMARTS) is 2. The van der Waals surface area contributed by atoms with Crippen LogP contribution < -0.4 is 0 Å². The summed E-state index contributed by atoms with van der Waals surface area (Å²) in [5.41, 5.74) is 0.585. The summed E-state index contributed by atoms with van der Waals surface area (Å²) < 4.78 is 1.29. The van der Waals surface area contributed by atoms with Gasteiger partial charge in [0.05, 0.1) is 11.1 Å². The van der Waals surface area contributed by atoms with Crippen molar-refractivity contribution in [2.45, 2.75) is 14.7 Å². The lowest BCUT2D eigenvalue weighted by molar-refractivity contribution is 0.0682. The number of hydrogen-bond donors (Lipinski definition) is 3. The molecule has 4 aromatic carbocycles. The summed E-state index contributed by atoms with van der Waals surface area (Å²) in [6, 6.07) is 33.5. The van der Waals surface area contributed by atoms with Gasteiger partial charge in [0.25, 0.3) is 0 Å². The number of benzene rings is 4. The predicted octanol–water partition coefficient (Wildman–Crippen LogP) is 7.50. The molecule has 0 aliphatic carbocycles. The van der Waals surface area contributed by atoms with Gasteiger partial charge >= 0.3 is 11.9 Å². The zero-order chi connectivity index (χ0) is 24.1. The molecule has 0 saturated heterocycles. The normalized spacial score (nSPS) is 9.52. The molecule has 0 unspecified atom stereocenters. The van der Waals surface area contributed by atoms with Crippen LogP contribution in [-0.2, 0) is 0 Å². The Labute approximate surface area is 216 Å². The Hall–Kier alpha value is -2.75. The Balaban J connectivity index is 0.000000193. The molecule has 33 heavy (non-hydrogen) atoms. The van der Waals surface area contributed by atoms with Crippen LogP contribution in [0.3, 0.4) is 0 Å². The van der Waals surface area contributed by atoms with Gasteiger partial charge in [-0.3, -0.25) is 0 Å². The molecule has 0 bridgehead atoms. The maximum Gasteiger partial charge on any atom is 0.336 e. The Morgan fingerprint density at radius 1 is 0.636 bits per heavy atom. The molecule has 0 radical (unpaired) electrons. The van der Waals surface area contributed by atoms with Gasteiger partial charge in [0.1, 0.15) is 0 Å². The van der Waals surface area contributed by atoms with Gasteiger partial charge in [-0.2, -0.15) is 0 Å². The van der Waals surface area contributed by atoms with Crippen molar-refractivity contribution in [1.29, 1.82) is 0 Å². The number of thiol groups is 1. The fourth-order valence-corrected chi connectivity index (χ4v) is 4.05. The molecular formula is C26H21IO4S2. The molecule has 0 atom stereocenters. The molecular weight excluding hydrogens is 567 g/mol. The van der Waals surface area contributed by atoms with Crippen molar-refractivity contribution in [2.75, 3.05) is 0 Å². The standard InChI is InChI=1S/C13H10O2S.C7H6O2S.C6H5I/c14-13(15)11-8-4-5-9-12(11)16-10-6-2-1-3-7-10;8-7(9)5-3-1-2-4-6(5)10;7-6-4-2-1-3-5-6/h1-9H,(H,14,15);1-4,10H,(H,8,9);1-5H. The second-order valence-electron chi connectivity index (χ2n) is 6.33. The number of carbonyl (C=O) groups is 2. The van der Waals surface area contributed by atoms with Crippen molar-refractivity contribution in [3.63, 3.8) is 0 Å². The van der Waals surface area contributed by atoms with Crippen molar-refractivity contribution in [1.82, 2.24) is 0 Å². The van der Waals surface area contributed by atoms with Gasteiger partial charge in [-0.05, 0) is 71.1 Å². The summed E-state index contributed by atoms with van der Waals surface area (Å²) in [6.07, 6.45) is 0. The molecule has 4 rings (SSSR count). The third-order valence-electron chi connectivity index (χ3n) is 3.96. The average Bonchev–Trinajstić information content (AvgIpc) is 2.81. The van der Waals surface area contributed by atoms with Gasteiger partial charge in [-0.1, -0.05) is 72.4 Å². The van der Waals surface area contributed by atoms with Crippen molar-refractivity contribution < 1.29 is 19.8 Å². The first kappa shape index (κ1) is 26.5. The maximum absolute atomic E-state index is 11.0. The van der Waals surface area contributed by atoms with E-state index in [0.29, 0.717) is 10.5 Å². The zero-order valence-corrected chi connectivity index (χ0v) is 21.2. The summed E-state index contributed by atoms with van der Waals surface area (Å²) in [4.78, 5) is 23.7. The van der Waals surface area contributed by atoms with Crippen LogP contribution in [0.15, 0.2) is 124 Å². The van der Waals surface area contributed by atoms with Crippen molar-refractivity contribution >= 4 is 58.9 Å². The van der Waals surface area contributed by atoms with E-state index in [1.54, 1.807) is 30.3 Å². The van der Waals surface area contributed by atoms with Crippen molar-refractivity contribution in [3.8, 4) is 0 Å². The molecule has 7 heteroatoms. The Kier molecular flexibility index (Phi) is 11.6.